The molecule has 0 spiro atoms. The van der Waals surface area contributed by atoms with Crippen molar-refractivity contribution in [3.63, 3.8) is 0 Å². The molecule has 0 fully saturated rings. The number of benzene rings is 2. The van der Waals surface area contributed by atoms with Crippen molar-refractivity contribution in [1.29, 1.82) is 0 Å². The molecule has 19 heavy (non-hydrogen) atoms. The third kappa shape index (κ3) is 2.93. The van der Waals surface area contributed by atoms with Crippen LogP contribution in [-0.4, -0.2) is 8.42 Å². The molecule has 5 heteroatoms. The first-order valence-corrected chi connectivity index (χ1v) is 7.23. The first-order chi connectivity index (χ1) is 8.90. The Kier molecular flexibility index (Phi) is 3.57. The molecule has 0 amide bonds. The summed E-state index contributed by atoms with van der Waals surface area (Å²) in [4.78, 5) is -0.351. The van der Waals surface area contributed by atoms with Gasteiger partial charge in [0.2, 0.25) is 0 Å². The van der Waals surface area contributed by atoms with Crippen LogP contribution in [0.15, 0.2) is 47.4 Å². The van der Waals surface area contributed by atoms with E-state index in [0.717, 1.165) is 17.2 Å². The molecule has 3 nitrogen and oxygen atoms in total. The van der Waals surface area contributed by atoms with Crippen molar-refractivity contribution in [2.24, 2.45) is 0 Å². The fraction of sp³-hybridized carbons (Fsp3) is 0.143. The van der Waals surface area contributed by atoms with Gasteiger partial charge in [-0.05, 0) is 43.2 Å². The van der Waals surface area contributed by atoms with E-state index in [0.29, 0.717) is 5.69 Å². The molecule has 0 aliphatic heterocycles. The fourth-order valence-corrected chi connectivity index (χ4v) is 2.91. The van der Waals surface area contributed by atoms with Crippen molar-refractivity contribution in [1.82, 2.24) is 0 Å². The van der Waals surface area contributed by atoms with Gasteiger partial charge in [-0.25, -0.2) is 12.8 Å². The van der Waals surface area contributed by atoms with Crippen molar-refractivity contribution in [2.45, 2.75) is 18.7 Å². The second-order valence-corrected chi connectivity index (χ2v) is 6.01. The van der Waals surface area contributed by atoms with E-state index in [1.165, 1.54) is 18.2 Å². The van der Waals surface area contributed by atoms with Gasteiger partial charge in [0.15, 0.2) is 0 Å². The third-order valence-electron chi connectivity index (χ3n) is 2.76. The first kappa shape index (κ1) is 13.5. The van der Waals surface area contributed by atoms with Crippen LogP contribution >= 0.6 is 0 Å². The van der Waals surface area contributed by atoms with E-state index in [2.05, 4.69) is 4.72 Å². The summed E-state index contributed by atoms with van der Waals surface area (Å²) in [6, 6.07) is 10.7. The van der Waals surface area contributed by atoms with Crippen LogP contribution in [0.4, 0.5) is 10.1 Å². The minimum absolute atomic E-state index is 0.351. The van der Waals surface area contributed by atoms with Crippen LogP contribution < -0.4 is 4.72 Å². The van der Waals surface area contributed by atoms with Gasteiger partial charge in [0, 0.05) is 0 Å². The molecule has 0 radical (unpaired) electrons. The molecule has 2 rings (SSSR count). The number of rotatable bonds is 3. The smallest absolute Gasteiger partial charge is 0.264 e. The van der Waals surface area contributed by atoms with Gasteiger partial charge >= 0.3 is 0 Å². The Morgan fingerprint density at radius 3 is 2.42 bits per heavy atom. The number of nitrogens with one attached hydrogen (secondary N) is 1. The minimum atomic E-state index is -3.91. The van der Waals surface area contributed by atoms with Gasteiger partial charge in [-0.1, -0.05) is 24.3 Å². The molecule has 0 saturated heterocycles. The Bertz CT molecular complexity index is 711. The normalized spacial score (nSPS) is 11.3. The van der Waals surface area contributed by atoms with Crippen LogP contribution in [0.3, 0.4) is 0 Å². The van der Waals surface area contributed by atoms with Gasteiger partial charge in [0.25, 0.3) is 10.0 Å². The Labute approximate surface area is 112 Å². The van der Waals surface area contributed by atoms with Crippen LogP contribution in [0.25, 0.3) is 0 Å². The van der Waals surface area contributed by atoms with Gasteiger partial charge in [-0.15, -0.1) is 0 Å². The van der Waals surface area contributed by atoms with Gasteiger partial charge in [0.1, 0.15) is 10.7 Å². The zero-order chi connectivity index (χ0) is 14.0. The summed E-state index contributed by atoms with van der Waals surface area (Å²) in [5, 5.41) is 0. The molecule has 0 aliphatic rings. The van der Waals surface area contributed by atoms with Crippen molar-refractivity contribution in [2.75, 3.05) is 4.72 Å². The second-order valence-electron chi connectivity index (χ2n) is 4.35. The maximum atomic E-state index is 13.5. The van der Waals surface area contributed by atoms with E-state index in [-0.39, 0.29) is 4.90 Å². The fourth-order valence-electron chi connectivity index (χ4n) is 1.71. The van der Waals surface area contributed by atoms with E-state index in [1.54, 1.807) is 13.0 Å². The molecular formula is C14H14FNO2S. The number of hydrogen-bond donors (Lipinski definition) is 1. The standard InChI is InChI=1S/C14H14FNO2S/c1-10-7-8-11(2)13(9-10)16-19(17,18)14-6-4-3-5-12(14)15/h3-9,16H,1-2H3. The molecule has 0 aliphatic carbocycles. The highest BCUT2D eigenvalue weighted by Crippen LogP contribution is 2.22. The van der Waals surface area contributed by atoms with Crippen LogP contribution in [0.5, 0.6) is 0 Å². The monoisotopic (exact) mass is 279 g/mol. The molecule has 0 atom stereocenters. The summed E-state index contributed by atoms with van der Waals surface area (Å²) in [7, 11) is -3.91. The lowest BCUT2D eigenvalue weighted by Crippen LogP contribution is -2.15. The van der Waals surface area contributed by atoms with Gasteiger partial charge < -0.3 is 0 Å². The average molecular weight is 279 g/mol. The lowest BCUT2D eigenvalue weighted by Gasteiger charge is -2.11. The zero-order valence-corrected chi connectivity index (χ0v) is 11.5. The summed E-state index contributed by atoms with van der Waals surface area (Å²) in [6.45, 7) is 3.65. The highest BCUT2D eigenvalue weighted by molar-refractivity contribution is 7.92. The maximum absolute atomic E-state index is 13.5. The number of anilines is 1. The molecular weight excluding hydrogens is 265 g/mol. The largest absolute Gasteiger partial charge is 0.279 e. The molecule has 0 aromatic heterocycles. The molecule has 2 aromatic rings. The summed E-state index contributed by atoms with van der Waals surface area (Å²) >= 11 is 0. The molecule has 0 heterocycles. The average Bonchev–Trinajstić information content (AvgIpc) is 2.34. The van der Waals surface area contributed by atoms with Crippen molar-refractivity contribution in [3.8, 4) is 0 Å². The van der Waals surface area contributed by atoms with E-state index in [9.17, 15) is 12.8 Å². The first-order valence-electron chi connectivity index (χ1n) is 5.75. The number of halogens is 1. The molecule has 0 unspecified atom stereocenters. The SMILES string of the molecule is Cc1ccc(C)c(NS(=O)(=O)c2ccccc2F)c1. The van der Waals surface area contributed by atoms with Crippen molar-refractivity contribution >= 4 is 15.7 Å². The molecule has 0 bridgehead atoms. The summed E-state index contributed by atoms with van der Waals surface area (Å²) in [5.74, 6) is -0.764. The maximum Gasteiger partial charge on any atom is 0.264 e. The van der Waals surface area contributed by atoms with E-state index >= 15 is 0 Å². The molecule has 2 aromatic carbocycles. The summed E-state index contributed by atoms with van der Waals surface area (Å²) in [6.07, 6.45) is 0. The van der Waals surface area contributed by atoms with E-state index in [1.807, 2.05) is 19.1 Å². The van der Waals surface area contributed by atoms with E-state index in [4.69, 9.17) is 0 Å². The van der Waals surface area contributed by atoms with Crippen LogP contribution in [-0.2, 0) is 10.0 Å². The number of hydrogen-bond acceptors (Lipinski definition) is 2. The van der Waals surface area contributed by atoms with Crippen LogP contribution in [0.2, 0.25) is 0 Å². The van der Waals surface area contributed by atoms with Crippen LogP contribution in [0, 0.1) is 19.7 Å². The highest BCUT2D eigenvalue weighted by Gasteiger charge is 2.19. The lowest BCUT2D eigenvalue weighted by molar-refractivity contribution is 0.570. The van der Waals surface area contributed by atoms with Crippen molar-refractivity contribution < 1.29 is 12.8 Å². The van der Waals surface area contributed by atoms with Gasteiger partial charge in [-0.2, -0.15) is 0 Å². The molecule has 100 valence electrons. The molecule has 0 saturated carbocycles. The Balaban J connectivity index is 2.43. The third-order valence-corrected chi connectivity index (χ3v) is 4.16. The minimum Gasteiger partial charge on any atom is -0.279 e. The lowest BCUT2D eigenvalue weighted by atomic mass is 10.1. The Morgan fingerprint density at radius 2 is 1.74 bits per heavy atom. The Morgan fingerprint density at radius 1 is 1.05 bits per heavy atom. The van der Waals surface area contributed by atoms with Gasteiger partial charge in [-0.3, -0.25) is 4.72 Å². The predicted molar refractivity (Wildman–Crippen MR) is 73.1 cm³/mol. The van der Waals surface area contributed by atoms with Gasteiger partial charge in [0.05, 0.1) is 5.69 Å². The predicted octanol–water partition coefficient (Wildman–Crippen LogP) is 3.24. The summed E-state index contributed by atoms with van der Waals surface area (Å²) in [5.41, 5.74) is 2.17. The topological polar surface area (TPSA) is 46.2 Å². The van der Waals surface area contributed by atoms with Crippen LogP contribution in [0.1, 0.15) is 11.1 Å². The quantitative estimate of drug-likeness (QED) is 0.937. The Hall–Kier alpha value is -1.88. The summed E-state index contributed by atoms with van der Waals surface area (Å²) < 4.78 is 40.2. The van der Waals surface area contributed by atoms with E-state index < -0.39 is 15.8 Å². The number of sulfonamides is 1. The second kappa shape index (κ2) is 5.01. The highest BCUT2D eigenvalue weighted by atomic mass is 32.2. The number of aryl methyl sites for hydroxylation is 2. The zero-order valence-electron chi connectivity index (χ0n) is 10.6. The molecule has 1 N–H and O–H groups in total. The van der Waals surface area contributed by atoms with Crippen molar-refractivity contribution in [3.05, 3.63) is 59.4 Å².